The molecule has 0 unspecified atom stereocenters. The number of esters is 1. The van der Waals surface area contributed by atoms with Crippen molar-refractivity contribution in [1.29, 1.82) is 0 Å². The van der Waals surface area contributed by atoms with Gasteiger partial charge in [0.25, 0.3) is 0 Å². The molecule has 0 N–H and O–H groups in total. The van der Waals surface area contributed by atoms with Gasteiger partial charge in [-0.05, 0) is 80.7 Å². The molecule has 0 spiro atoms. The van der Waals surface area contributed by atoms with Gasteiger partial charge in [-0.2, -0.15) is 26.3 Å². The van der Waals surface area contributed by atoms with E-state index in [0.717, 1.165) is 17.7 Å². The Bertz CT molecular complexity index is 1620. The van der Waals surface area contributed by atoms with E-state index in [1.165, 1.54) is 19.5 Å². The summed E-state index contributed by atoms with van der Waals surface area (Å²) in [6.45, 7) is 3.69. The van der Waals surface area contributed by atoms with Gasteiger partial charge in [-0.3, -0.25) is 4.79 Å². The second-order valence-electron chi connectivity index (χ2n) is 13.6. The molecule has 9 nitrogen and oxygen atoms in total. The number of anilines is 1. The van der Waals surface area contributed by atoms with Crippen molar-refractivity contribution in [3.63, 3.8) is 0 Å². The van der Waals surface area contributed by atoms with Gasteiger partial charge in [0, 0.05) is 24.7 Å². The SMILES string of the molecule is CC[C@@H]1C[C@@H](N(Cc2cc(C(F)(F)F)cc(C(F)(F)F)c2)c2ncc(OCc3ccccc3)cn2)C[C@H](CC)N1C(=O)OC1CCC(C(=O)OC)CC1. The Kier molecular flexibility index (Phi) is 12.8. The van der Waals surface area contributed by atoms with Crippen LogP contribution in [-0.4, -0.2) is 58.3 Å². The van der Waals surface area contributed by atoms with Crippen molar-refractivity contribution in [2.45, 2.75) is 115 Å². The van der Waals surface area contributed by atoms with Crippen molar-refractivity contribution in [2.24, 2.45) is 5.92 Å². The highest BCUT2D eigenvalue weighted by molar-refractivity contribution is 5.72. The summed E-state index contributed by atoms with van der Waals surface area (Å²) in [4.78, 5) is 38.0. The lowest BCUT2D eigenvalue weighted by molar-refractivity contribution is -0.147. The second kappa shape index (κ2) is 17.1. The molecule has 1 amide bonds. The first-order valence-corrected chi connectivity index (χ1v) is 17.8. The van der Waals surface area contributed by atoms with E-state index in [0.29, 0.717) is 57.1 Å². The monoisotopic (exact) mass is 750 g/mol. The van der Waals surface area contributed by atoms with Crippen molar-refractivity contribution >= 4 is 18.0 Å². The topological polar surface area (TPSA) is 94.1 Å². The standard InChI is InChI=1S/C38H44F6N4O5/c1-4-29-18-31(19-30(5-2)48(29)36(50)53-32-13-11-26(12-14-32)34(49)51-3)47(22-25-15-27(37(39,40)41)17-28(16-25)38(42,43)44)35-45-20-33(21-46-35)52-23-24-9-7-6-8-10-24/h6-10,15-17,20-21,26,29-32H,4-5,11-14,18-19,22-23H2,1-3H3/t26?,29-,30+,31-,32?. The van der Waals surface area contributed by atoms with Crippen LogP contribution in [-0.2, 0) is 39.8 Å². The van der Waals surface area contributed by atoms with Gasteiger partial charge in [0.05, 0.1) is 36.5 Å². The molecule has 1 aliphatic heterocycles. The molecule has 15 heteroatoms. The summed E-state index contributed by atoms with van der Waals surface area (Å²) in [5, 5.41) is 0. The first-order chi connectivity index (χ1) is 25.2. The maximum atomic E-state index is 13.9. The first-order valence-electron chi connectivity index (χ1n) is 17.8. The third kappa shape index (κ3) is 10.1. The van der Waals surface area contributed by atoms with E-state index in [-0.39, 0.29) is 60.8 Å². The van der Waals surface area contributed by atoms with E-state index in [9.17, 15) is 35.9 Å². The van der Waals surface area contributed by atoms with Gasteiger partial charge in [-0.1, -0.05) is 44.2 Å². The minimum Gasteiger partial charge on any atom is -0.486 e. The van der Waals surface area contributed by atoms with Crippen LogP contribution in [0, 0.1) is 5.92 Å². The number of carbonyl (C=O) groups excluding carboxylic acids is 2. The Labute approximate surface area is 304 Å². The number of halogens is 6. The van der Waals surface area contributed by atoms with Crippen molar-refractivity contribution in [1.82, 2.24) is 14.9 Å². The number of hydrogen-bond donors (Lipinski definition) is 0. The predicted molar refractivity (Wildman–Crippen MR) is 183 cm³/mol. The molecule has 2 heterocycles. The minimum atomic E-state index is -5.01. The number of likely N-dealkylation sites (tertiary alicyclic amines) is 1. The van der Waals surface area contributed by atoms with Crippen LogP contribution in [0.15, 0.2) is 60.9 Å². The van der Waals surface area contributed by atoms with Crippen molar-refractivity contribution in [3.05, 3.63) is 83.2 Å². The molecule has 5 rings (SSSR count). The highest BCUT2D eigenvalue weighted by Gasteiger charge is 2.42. The predicted octanol–water partition coefficient (Wildman–Crippen LogP) is 8.99. The number of methoxy groups -OCH3 is 1. The molecule has 288 valence electrons. The van der Waals surface area contributed by atoms with E-state index < -0.39 is 35.6 Å². The summed E-state index contributed by atoms with van der Waals surface area (Å²) >= 11 is 0. The number of ether oxygens (including phenoxy) is 3. The zero-order valence-electron chi connectivity index (χ0n) is 29.8. The quantitative estimate of drug-likeness (QED) is 0.142. The number of rotatable bonds is 11. The summed E-state index contributed by atoms with van der Waals surface area (Å²) in [5.41, 5.74) is -2.14. The van der Waals surface area contributed by atoms with E-state index in [2.05, 4.69) is 9.97 Å². The van der Waals surface area contributed by atoms with Gasteiger partial charge in [-0.25, -0.2) is 14.8 Å². The van der Waals surface area contributed by atoms with Crippen LogP contribution in [0.1, 0.15) is 87.5 Å². The molecular formula is C38H44F6N4O5. The van der Waals surface area contributed by atoms with Crippen LogP contribution in [0.5, 0.6) is 5.75 Å². The van der Waals surface area contributed by atoms with Crippen LogP contribution >= 0.6 is 0 Å². The molecule has 1 saturated carbocycles. The highest BCUT2D eigenvalue weighted by atomic mass is 19.4. The largest absolute Gasteiger partial charge is 0.486 e. The Morgan fingerprint density at radius 2 is 1.40 bits per heavy atom. The van der Waals surface area contributed by atoms with Crippen LogP contribution in [0.2, 0.25) is 0 Å². The molecule has 1 aromatic heterocycles. The number of aromatic nitrogens is 2. The average molecular weight is 751 g/mol. The number of nitrogens with zero attached hydrogens (tertiary/aromatic N) is 4. The summed E-state index contributed by atoms with van der Waals surface area (Å²) < 4.78 is 99.8. The van der Waals surface area contributed by atoms with Crippen LogP contribution < -0.4 is 9.64 Å². The maximum absolute atomic E-state index is 13.9. The fourth-order valence-corrected chi connectivity index (χ4v) is 7.26. The van der Waals surface area contributed by atoms with E-state index >= 15 is 0 Å². The van der Waals surface area contributed by atoms with Crippen molar-refractivity contribution < 1.29 is 50.1 Å². The molecule has 1 aliphatic carbocycles. The molecule has 0 bridgehead atoms. The Balaban J connectivity index is 1.41. The Hall–Kier alpha value is -4.56. The van der Waals surface area contributed by atoms with E-state index in [1.54, 1.807) is 9.80 Å². The fraction of sp³-hybridized carbons (Fsp3) is 0.526. The molecule has 2 aliphatic rings. The average Bonchev–Trinajstić information content (AvgIpc) is 3.15. The van der Waals surface area contributed by atoms with Gasteiger partial charge in [0.2, 0.25) is 5.95 Å². The molecule has 2 fully saturated rings. The van der Waals surface area contributed by atoms with Gasteiger partial charge in [0.15, 0.2) is 5.75 Å². The molecule has 53 heavy (non-hydrogen) atoms. The minimum absolute atomic E-state index is 0.0936. The number of amides is 1. The van der Waals surface area contributed by atoms with Crippen LogP contribution in [0.3, 0.4) is 0 Å². The van der Waals surface area contributed by atoms with Gasteiger partial charge in [0.1, 0.15) is 12.7 Å². The second-order valence-corrected chi connectivity index (χ2v) is 13.6. The zero-order chi connectivity index (χ0) is 38.3. The number of alkyl halides is 6. The summed E-state index contributed by atoms with van der Waals surface area (Å²) in [6.07, 6.45) is -4.24. The molecule has 3 atom stereocenters. The molecule has 1 saturated heterocycles. The zero-order valence-corrected chi connectivity index (χ0v) is 29.8. The molecular weight excluding hydrogens is 706 g/mol. The molecule has 3 aromatic rings. The third-order valence-electron chi connectivity index (χ3n) is 10.1. The van der Waals surface area contributed by atoms with Gasteiger partial charge in [-0.15, -0.1) is 0 Å². The number of hydrogen-bond acceptors (Lipinski definition) is 8. The number of piperidine rings is 1. The lowest BCUT2D eigenvalue weighted by Gasteiger charge is -2.47. The number of benzene rings is 2. The fourth-order valence-electron chi connectivity index (χ4n) is 7.26. The third-order valence-corrected chi connectivity index (χ3v) is 10.1. The van der Waals surface area contributed by atoms with E-state index in [1.807, 2.05) is 44.2 Å². The van der Waals surface area contributed by atoms with Crippen molar-refractivity contribution in [3.8, 4) is 5.75 Å². The molecule has 2 aromatic carbocycles. The molecule has 0 radical (unpaired) electrons. The summed E-state index contributed by atoms with van der Waals surface area (Å²) in [6, 6.07) is 9.72. The summed E-state index contributed by atoms with van der Waals surface area (Å²) in [7, 11) is 1.34. The van der Waals surface area contributed by atoms with Crippen molar-refractivity contribution in [2.75, 3.05) is 12.0 Å². The van der Waals surface area contributed by atoms with Crippen LogP contribution in [0.25, 0.3) is 0 Å². The summed E-state index contributed by atoms with van der Waals surface area (Å²) in [5.74, 6) is -0.0982. The Morgan fingerprint density at radius 3 is 1.91 bits per heavy atom. The lowest BCUT2D eigenvalue weighted by Crippen LogP contribution is -2.57. The lowest BCUT2D eigenvalue weighted by atomic mass is 9.87. The first kappa shape index (κ1) is 39.6. The highest BCUT2D eigenvalue weighted by Crippen LogP contribution is 2.39. The number of carbonyl (C=O) groups is 2. The smallest absolute Gasteiger partial charge is 0.416 e. The normalized spacial score (nSPS) is 22.2. The van der Waals surface area contributed by atoms with E-state index in [4.69, 9.17) is 14.2 Å². The Morgan fingerprint density at radius 1 is 0.830 bits per heavy atom. The van der Waals surface area contributed by atoms with Gasteiger partial charge < -0.3 is 24.0 Å². The van der Waals surface area contributed by atoms with Crippen LogP contribution in [0.4, 0.5) is 37.1 Å². The maximum Gasteiger partial charge on any atom is 0.416 e. The van der Waals surface area contributed by atoms with Gasteiger partial charge >= 0.3 is 24.4 Å².